The van der Waals surface area contributed by atoms with Crippen LogP contribution in [0, 0.1) is 5.92 Å². The van der Waals surface area contributed by atoms with E-state index in [2.05, 4.69) is 22.2 Å². The Labute approximate surface area is 207 Å². The fourth-order valence-electron chi connectivity index (χ4n) is 4.30. The molecule has 0 N–H and O–H groups in total. The molecule has 35 heavy (non-hydrogen) atoms. The summed E-state index contributed by atoms with van der Waals surface area (Å²) in [5, 5.41) is 14.1. The van der Waals surface area contributed by atoms with Crippen LogP contribution >= 0.6 is 11.8 Å². The van der Waals surface area contributed by atoms with E-state index in [0.717, 1.165) is 31.5 Å². The number of benzene rings is 2. The van der Waals surface area contributed by atoms with Crippen LogP contribution in [0.15, 0.2) is 69.0 Å². The molecular formula is C26H27N5O3S. The minimum Gasteiger partial charge on any atom is -0.409 e. The quantitative estimate of drug-likeness (QED) is 0.374. The lowest BCUT2D eigenvalue weighted by atomic mass is 9.99. The third-order valence-electron chi connectivity index (χ3n) is 6.37. The molecule has 1 unspecified atom stereocenters. The third-order valence-corrected chi connectivity index (χ3v) is 7.29. The average Bonchev–Trinajstić information content (AvgIpc) is 3.34. The molecule has 4 aromatic rings. The summed E-state index contributed by atoms with van der Waals surface area (Å²) in [6.07, 6.45) is 2.07. The number of amides is 1. The fourth-order valence-corrected chi connectivity index (χ4v) is 5.06. The van der Waals surface area contributed by atoms with Crippen LogP contribution in [0.5, 0.6) is 0 Å². The number of thioether (sulfide) groups is 1. The molecular weight excluding hydrogens is 462 g/mol. The van der Waals surface area contributed by atoms with Crippen LogP contribution in [-0.2, 0) is 11.3 Å². The van der Waals surface area contributed by atoms with Crippen molar-refractivity contribution in [3.05, 3.63) is 70.5 Å². The molecule has 1 aliphatic heterocycles. The Kier molecular flexibility index (Phi) is 6.68. The van der Waals surface area contributed by atoms with Crippen molar-refractivity contribution in [2.45, 2.75) is 43.7 Å². The van der Waals surface area contributed by atoms with E-state index >= 15 is 0 Å². The van der Waals surface area contributed by atoms with Crippen LogP contribution in [0.3, 0.4) is 0 Å². The van der Waals surface area contributed by atoms with Crippen molar-refractivity contribution in [2.75, 3.05) is 13.1 Å². The predicted molar refractivity (Wildman–Crippen MR) is 135 cm³/mol. The Hall–Kier alpha value is -3.46. The highest BCUT2D eigenvalue weighted by Crippen LogP contribution is 2.29. The first-order valence-corrected chi connectivity index (χ1v) is 12.7. The molecule has 180 valence electrons. The fraction of sp³-hybridized carbons (Fsp3) is 0.346. The third kappa shape index (κ3) is 5.00. The molecule has 9 heteroatoms. The lowest BCUT2D eigenvalue weighted by molar-refractivity contribution is -0.131. The number of aromatic nitrogens is 4. The highest BCUT2D eigenvalue weighted by atomic mass is 32.2. The van der Waals surface area contributed by atoms with E-state index in [1.165, 1.54) is 16.4 Å². The van der Waals surface area contributed by atoms with Gasteiger partial charge in [0.15, 0.2) is 5.69 Å². The van der Waals surface area contributed by atoms with Crippen molar-refractivity contribution in [1.29, 1.82) is 0 Å². The first-order valence-electron chi connectivity index (χ1n) is 11.8. The van der Waals surface area contributed by atoms with Gasteiger partial charge in [0, 0.05) is 18.5 Å². The van der Waals surface area contributed by atoms with Crippen LogP contribution in [0.4, 0.5) is 0 Å². The second kappa shape index (κ2) is 10.0. The summed E-state index contributed by atoms with van der Waals surface area (Å²) < 4.78 is 7.36. The molecule has 1 aliphatic rings. The van der Waals surface area contributed by atoms with Gasteiger partial charge in [-0.15, -0.1) is 10.2 Å². The smallest absolute Gasteiger partial charge is 0.277 e. The van der Waals surface area contributed by atoms with Gasteiger partial charge in [-0.3, -0.25) is 9.59 Å². The first-order chi connectivity index (χ1) is 17.0. The van der Waals surface area contributed by atoms with Gasteiger partial charge in [0.2, 0.25) is 5.91 Å². The van der Waals surface area contributed by atoms with Gasteiger partial charge in [-0.1, -0.05) is 67.2 Å². The van der Waals surface area contributed by atoms with Gasteiger partial charge in [0.25, 0.3) is 16.7 Å². The molecule has 0 aliphatic carbocycles. The van der Waals surface area contributed by atoms with Gasteiger partial charge in [0.1, 0.15) is 0 Å². The maximum absolute atomic E-state index is 13.1. The molecule has 2 aromatic heterocycles. The lowest BCUT2D eigenvalue weighted by Crippen LogP contribution is -2.41. The second-order valence-corrected chi connectivity index (χ2v) is 10.3. The van der Waals surface area contributed by atoms with Crippen LogP contribution in [0.25, 0.3) is 22.4 Å². The maximum Gasteiger partial charge on any atom is 0.277 e. The summed E-state index contributed by atoms with van der Waals surface area (Å²) in [6.45, 7) is 5.99. The molecule has 8 nitrogen and oxygen atoms in total. The molecule has 1 saturated heterocycles. The average molecular weight is 490 g/mol. The number of fused-ring (bicyclic) bond motifs is 1. The van der Waals surface area contributed by atoms with Gasteiger partial charge in [-0.2, -0.15) is 5.10 Å². The zero-order chi connectivity index (χ0) is 24.4. The van der Waals surface area contributed by atoms with E-state index in [9.17, 15) is 9.59 Å². The minimum atomic E-state index is -0.339. The Morgan fingerprint density at radius 3 is 2.49 bits per heavy atom. The van der Waals surface area contributed by atoms with Crippen LogP contribution < -0.4 is 5.56 Å². The van der Waals surface area contributed by atoms with Gasteiger partial charge < -0.3 is 9.32 Å². The molecule has 1 amide bonds. The number of rotatable bonds is 6. The monoisotopic (exact) mass is 489 g/mol. The number of carbonyl (C=O) groups excluding carboxylic acids is 1. The molecule has 0 spiro atoms. The van der Waals surface area contributed by atoms with Crippen molar-refractivity contribution in [3.8, 4) is 11.6 Å². The van der Waals surface area contributed by atoms with E-state index in [1.807, 2.05) is 60.4 Å². The topological polar surface area (TPSA) is 94.1 Å². The zero-order valence-corrected chi connectivity index (χ0v) is 20.6. The molecule has 5 rings (SSSR count). The standard InChI is InChI=1S/C26H27N5O3S/c1-17-12-14-30(15-13-17)24(32)18(2)35-26-28-27-23(34-26)22-20-10-6-7-11-21(20)25(33)31(29-22)16-19-8-4-3-5-9-19/h3-11,17-18H,12-16H2,1-2H3. The van der Waals surface area contributed by atoms with E-state index < -0.39 is 0 Å². The van der Waals surface area contributed by atoms with Crippen LogP contribution in [-0.4, -0.2) is 49.1 Å². The normalized spacial score (nSPS) is 15.4. The first kappa shape index (κ1) is 23.3. The van der Waals surface area contributed by atoms with Crippen molar-refractivity contribution in [1.82, 2.24) is 24.9 Å². The van der Waals surface area contributed by atoms with Crippen molar-refractivity contribution < 1.29 is 9.21 Å². The van der Waals surface area contributed by atoms with Crippen molar-refractivity contribution in [2.24, 2.45) is 5.92 Å². The maximum atomic E-state index is 13.1. The summed E-state index contributed by atoms with van der Waals surface area (Å²) >= 11 is 1.25. The van der Waals surface area contributed by atoms with E-state index in [1.54, 1.807) is 6.07 Å². The Morgan fingerprint density at radius 2 is 1.74 bits per heavy atom. The summed E-state index contributed by atoms with van der Waals surface area (Å²) in [4.78, 5) is 27.9. The molecule has 0 radical (unpaired) electrons. The van der Waals surface area contributed by atoms with E-state index in [0.29, 0.717) is 34.2 Å². The minimum absolute atomic E-state index is 0.0848. The highest BCUT2D eigenvalue weighted by molar-refractivity contribution is 8.00. The molecule has 1 atom stereocenters. The predicted octanol–water partition coefficient (Wildman–Crippen LogP) is 4.23. The Bertz CT molecular complexity index is 1390. The van der Waals surface area contributed by atoms with Gasteiger partial charge in [-0.25, -0.2) is 4.68 Å². The van der Waals surface area contributed by atoms with Gasteiger partial charge in [0.05, 0.1) is 17.2 Å². The summed E-state index contributed by atoms with van der Waals surface area (Å²) in [7, 11) is 0. The number of nitrogens with zero attached hydrogens (tertiary/aromatic N) is 5. The summed E-state index contributed by atoms with van der Waals surface area (Å²) in [6, 6.07) is 17.0. The molecule has 2 aromatic carbocycles. The number of carbonyl (C=O) groups is 1. The molecule has 1 fully saturated rings. The number of hydrogen-bond acceptors (Lipinski definition) is 7. The Morgan fingerprint density at radius 1 is 1.06 bits per heavy atom. The Balaban J connectivity index is 1.42. The van der Waals surface area contributed by atoms with Crippen molar-refractivity contribution >= 4 is 28.4 Å². The van der Waals surface area contributed by atoms with Gasteiger partial charge >= 0.3 is 0 Å². The molecule has 3 heterocycles. The largest absolute Gasteiger partial charge is 0.409 e. The van der Waals surface area contributed by atoms with E-state index in [4.69, 9.17) is 4.42 Å². The van der Waals surface area contributed by atoms with Gasteiger partial charge in [-0.05, 0) is 37.3 Å². The second-order valence-electron chi connectivity index (χ2n) is 8.98. The SMILES string of the molecule is CC1CCN(C(=O)C(C)Sc2nnc(-c3nn(Cc4ccccc4)c(=O)c4ccccc34)o2)CC1. The number of hydrogen-bond donors (Lipinski definition) is 0. The summed E-state index contributed by atoms with van der Waals surface area (Å²) in [5.74, 6) is 0.964. The molecule has 0 bridgehead atoms. The lowest BCUT2D eigenvalue weighted by Gasteiger charge is -2.31. The number of likely N-dealkylation sites (tertiary alicyclic amines) is 1. The van der Waals surface area contributed by atoms with Crippen molar-refractivity contribution in [3.63, 3.8) is 0 Å². The van der Waals surface area contributed by atoms with Crippen LogP contribution in [0.2, 0.25) is 0 Å². The van der Waals surface area contributed by atoms with E-state index in [-0.39, 0.29) is 22.6 Å². The van der Waals surface area contributed by atoms with Crippen LogP contribution in [0.1, 0.15) is 32.3 Å². The molecule has 0 saturated carbocycles. The number of piperidine rings is 1. The zero-order valence-electron chi connectivity index (χ0n) is 19.8. The summed E-state index contributed by atoms with van der Waals surface area (Å²) in [5.41, 5.74) is 1.22. The highest BCUT2D eigenvalue weighted by Gasteiger charge is 2.27.